The smallest absolute Gasteiger partial charge is 0.304 e. The van der Waals surface area contributed by atoms with Crippen molar-refractivity contribution in [3.8, 4) is 11.5 Å². The summed E-state index contributed by atoms with van der Waals surface area (Å²) in [7, 11) is 3.15. The molecule has 0 saturated carbocycles. The lowest BCUT2D eigenvalue weighted by Crippen LogP contribution is -2.38. The van der Waals surface area contributed by atoms with Crippen molar-refractivity contribution < 1.29 is 24.2 Å². The van der Waals surface area contributed by atoms with Crippen LogP contribution in [0.1, 0.15) is 24.5 Å². The van der Waals surface area contributed by atoms with Gasteiger partial charge in [-0.3, -0.25) is 9.59 Å². The van der Waals surface area contributed by atoms with Gasteiger partial charge in [0, 0.05) is 17.8 Å². The zero-order valence-electron chi connectivity index (χ0n) is 13.4. The minimum Gasteiger partial charge on any atom is -0.493 e. The second-order valence-electron chi connectivity index (χ2n) is 6.09. The van der Waals surface area contributed by atoms with Crippen molar-refractivity contribution in [2.75, 3.05) is 20.8 Å². The van der Waals surface area contributed by atoms with E-state index < -0.39 is 11.4 Å². The van der Waals surface area contributed by atoms with Crippen molar-refractivity contribution in [2.45, 2.75) is 19.8 Å². The number of ether oxygens (including phenoxy) is 2. The van der Waals surface area contributed by atoms with Gasteiger partial charge in [0.25, 0.3) is 0 Å². The summed E-state index contributed by atoms with van der Waals surface area (Å²) in [5.74, 6) is 0.103. The topological polar surface area (TPSA) is 76.1 Å². The third kappa shape index (κ3) is 2.34. The predicted octanol–water partition coefficient (Wildman–Crippen LogP) is 1.92. The number of carbonyl (C=O) groups excluding carboxylic acids is 1. The molecule has 1 N–H and O–H groups in total. The molecule has 0 fully saturated rings. The van der Waals surface area contributed by atoms with Crippen LogP contribution >= 0.6 is 0 Å². The molecule has 122 valence electrons. The number of carboxylic acids is 1. The third-order valence-corrected chi connectivity index (χ3v) is 4.49. The number of fused-ring (bicyclic) bond motifs is 3. The van der Waals surface area contributed by atoms with Crippen LogP contribution in [0.4, 0.5) is 0 Å². The first-order valence-corrected chi connectivity index (χ1v) is 7.41. The highest BCUT2D eigenvalue weighted by Crippen LogP contribution is 2.45. The first-order valence-electron chi connectivity index (χ1n) is 7.41. The molecule has 3 rings (SSSR count). The van der Waals surface area contributed by atoms with Crippen molar-refractivity contribution in [1.29, 1.82) is 0 Å². The SMILES string of the molecule is COc1cc2c(cc1OC)C1=C[C@](C)(CC(=O)O)C(=O)N1CC2. The summed E-state index contributed by atoms with van der Waals surface area (Å²) < 4.78 is 10.7. The van der Waals surface area contributed by atoms with Crippen LogP contribution < -0.4 is 9.47 Å². The highest BCUT2D eigenvalue weighted by molar-refractivity contribution is 6.01. The molecule has 1 aromatic carbocycles. The number of carboxylic acid groups (broad SMARTS) is 1. The summed E-state index contributed by atoms with van der Waals surface area (Å²) in [6, 6.07) is 3.77. The average Bonchev–Trinajstić information content (AvgIpc) is 2.76. The molecule has 6 nitrogen and oxygen atoms in total. The van der Waals surface area contributed by atoms with Crippen molar-refractivity contribution in [3.63, 3.8) is 0 Å². The van der Waals surface area contributed by atoms with Crippen LogP contribution in [0.25, 0.3) is 5.70 Å². The van der Waals surface area contributed by atoms with Crippen LogP contribution in [-0.4, -0.2) is 42.6 Å². The van der Waals surface area contributed by atoms with E-state index in [0.717, 1.165) is 16.8 Å². The second kappa shape index (κ2) is 5.30. The highest BCUT2D eigenvalue weighted by atomic mass is 16.5. The molecule has 1 atom stereocenters. The summed E-state index contributed by atoms with van der Waals surface area (Å²) in [5, 5.41) is 9.10. The summed E-state index contributed by atoms with van der Waals surface area (Å²) in [6.07, 6.45) is 2.25. The van der Waals surface area contributed by atoms with Gasteiger partial charge in [0.1, 0.15) is 0 Å². The number of amides is 1. The standard InChI is InChI=1S/C17H19NO5/c1-17(9-15(19)20)8-12-11-7-14(23-3)13(22-2)6-10(11)4-5-18(12)16(17)21/h6-8H,4-5,9H2,1-3H3,(H,19,20)/t17-/m1/s1. The lowest BCUT2D eigenvalue weighted by atomic mass is 9.87. The Bertz CT molecular complexity index is 724. The van der Waals surface area contributed by atoms with E-state index in [1.54, 1.807) is 32.1 Å². The molecule has 0 spiro atoms. The van der Waals surface area contributed by atoms with Crippen LogP contribution in [0, 0.1) is 5.41 Å². The monoisotopic (exact) mass is 317 g/mol. The molecule has 0 aliphatic carbocycles. The maximum Gasteiger partial charge on any atom is 0.304 e. The molecule has 23 heavy (non-hydrogen) atoms. The molecule has 6 heteroatoms. The number of carbonyl (C=O) groups is 2. The highest BCUT2D eigenvalue weighted by Gasteiger charge is 2.46. The van der Waals surface area contributed by atoms with Gasteiger partial charge in [-0.25, -0.2) is 0 Å². The first-order chi connectivity index (χ1) is 10.9. The molecular formula is C17H19NO5. The average molecular weight is 317 g/mol. The summed E-state index contributed by atoms with van der Waals surface area (Å²) in [6.45, 7) is 2.22. The van der Waals surface area contributed by atoms with Gasteiger partial charge in [0.2, 0.25) is 5.91 Å². The second-order valence-corrected chi connectivity index (χ2v) is 6.09. The minimum atomic E-state index is -1.00. The Morgan fingerprint density at radius 1 is 1.30 bits per heavy atom. The number of nitrogens with zero attached hydrogens (tertiary/aromatic N) is 1. The lowest BCUT2D eigenvalue weighted by molar-refractivity contribution is -0.144. The fraction of sp³-hybridized carbons (Fsp3) is 0.412. The quantitative estimate of drug-likeness (QED) is 0.918. The fourth-order valence-electron chi connectivity index (χ4n) is 3.34. The van der Waals surface area contributed by atoms with E-state index >= 15 is 0 Å². The molecule has 2 aliphatic heterocycles. The Morgan fingerprint density at radius 3 is 2.57 bits per heavy atom. The molecule has 0 bridgehead atoms. The predicted molar refractivity (Wildman–Crippen MR) is 83.3 cm³/mol. The summed E-state index contributed by atoms with van der Waals surface area (Å²) >= 11 is 0. The van der Waals surface area contributed by atoms with Crippen molar-refractivity contribution >= 4 is 17.6 Å². The van der Waals surface area contributed by atoms with Gasteiger partial charge in [0.05, 0.1) is 26.1 Å². The number of rotatable bonds is 4. The largest absolute Gasteiger partial charge is 0.493 e. The Labute approximate surface area is 134 Å². The Balaban J connectivity index is 2.10. The van der Waals surface area contributed by atoms with E-state index in [-0.39, 0.29) is 12.3 Å². The number of aliphatic carboxylic acids is 1. The van der Waals surface area contributed by atoms with E-state index in [1.165, 1.54) is 0 Å². The fourth-order valence-corrected chi connectivity index (χ4v) is 3.34. The van der Waals surface area contributed by atoms with Gasteiger partial charge in [0.15, 0.2) is 11.5 Å². The zero-order valence-corrected chi connectivity index (χ0v) is 13.4. The molecule has 0 saturated heterocycles. The van der Waals surface area contributed by atoms with Crippen molar-refractivity contribution in [2.24, 2.45) is 5.41 Å². The van der Waals surface area contributed by atoms with Crippen LogP contribution in [0.5, 0.6) is 11.5 Å². The van der Waals surface area contributed by atoms with Crippen LogP contribution in [-0.2, 0) is 16.0 Å². The first kappa shape index (κ1) is 15.4. The molecule has 0 aromatic heterocycles. The molecule has 0 unspecified atom stereocenters. The van der Waals surface area contributed by atoms with Gasteiger partial charge >= 0.3 is 5.97 Å². The third-order valence-electron chi connectivity index (χ3n) is 4.49. The number of benzene rings is 1. The van der Waals surface area contributed by atoms with E-state index in [0.29, 0.717) is 24.5 Å². The zero-order chi connectivity index (χ0) is 16.8. The summed E-state index contributed by atoms with van der Waals surface area (Å²) in [5.41, 5.74) is 1.73. The van der Waals surface area contributed by atoms with E-state index in [9.17, 15) is 9.59 Å². The normalized spacial score (nSPS) is 22.3. The number of hydrogen-bond acceptors (Lipinski definition) is 4. The lowest BCUT2D eigenvalue weighted by Gasteiger charge is -2.30. The molecular weight excluding hydrogens is 298 g/mol. The Hall–Kier alpha value is -2.50. The van der Waals surface area contributed by atoms with Gasteiger partial charge in [-0.2, -0.15) is 0 Å². The van der Waals surface area contributed by atoms with Gasteiger partial charge in [-0.05, 0) is 37.1 Å². The Kier molecular flexibility index (Phi) is 3.55. The molecule has 2 aliphatic rings. The van der Waals surface area contributed by atoms with Crippen molar-refractivity contribution in [1.82, 2.24) is 4.90 Å². The summed E-state index contributed by atoms with van der Waals surface area (Å²) in [4.78, 5) is 25.4. The van der Waals surface area contributed by atoms with Crippen LogP contribution in [0.2, 0.25) is 0 Å². The van der Waals surface area contributed by atoms with Gasteiger partial charge in [-0.1, -0.05) is 0 Å². The van der Waals surface area contributed by atoms with Gasteiger partial charge in [-0.15, -0.1) is 0 Å². The van der Waals surface area contributed by atoms with E-state index in [2.05, 4.69) is 0 Å². The number of methoxy groups -OCH3 is 2. The molecule has 1 aromatic rings. The minimum absolute atomic E-state index is 0.157. The van der Waals surface area contributed by atoms with E-state index in [1.807, 2.05) is 12.1 Å². The Morgan fingerprint density at radius 2 is 1.96 bits per heavy atom. The maximum absolute atomic E-state index is 12.6. The van der Waals surface area contributed by atoms with Crippen LogP contribution in [0.3, 0.4) is 0 Å². The molecule has 2 heterocycles. The van der Waals surface area contributed by atoms with Crippen LogP contribution in [0.15, 0.2) is 18.2 Å². The maximum atomic E-state index is 12.6. The van der Waals surface area contributed by atoms with E-state index in [4.69, 9.17) is 14.6 Å². The molecule has 0 radical (unpaired) electrons. The number of hydrogen-bond donors (Lipinski definition) is 1. The molecule has 1 amide bonds. The van der Waals surface area contributed by atoms with Crippen molar-refractivity contribution in [3.05, 3.63) is 29.3 Å². The van der Waals surface area contributed by atoms with Gasteiger partial charge < -0.3 is 19.5 Å².